The Bertz CT molecular complexity index is 381. The summed E-state index contributed by atoms with van der Waals surface area (Å²) < 4.78 is 15.4. The van der Waals surface area contributed by atoms with E-state index in [1.165, 1.54) is 21.3 Å². The Hall–Kier alpha value is -1.62. The highest BCUT2D eigenvalue weighted by Gasteiger charge is 2.15. The lowest BCUT2D eigenvalue weighted by Crippen LogP contribution is -1.99. The average molecular weight is 246 g/mol. The zero-order valence-electron chi connectivity index (χ0n) is 9.15. The minimum Gasteiger partial charge on any atom is -0.493 e. The van der Waals surface area contributed by atoms with Crippen molar-refractivity contribution in [2.75, 3.05) is 21.3 Å². The first-order chi connectivity index (χ1) is 7.67. The van der Waals surface area contributed by atoms with E-state index in [9.17, 15) is 0 Å². The van der Waals surface area contributed by atoms with Crippen LogP contribution in [0, 0.1) is 0 Å². The fourth-order valence-electron chi connectivity index (χ4n) is 1.26. The molecule has 0 amide bonds. The molecule has 0 spiro atoms. The van der Waals surface area contributed by atoms with E-state index >= 15 is 0 Å². The summed E-state index contributed by atoms with van der Waals surface area (Å²) in [6.45, 7) is 0. The fourth-order valence-corrected chi connectivity index (χ4v) is 1.37. The maximum Gasteiger partial charge on any atom is 0.203 e. The Morgan fingerprint density at radius 2 is 1.62 bits per heavy atom. The van der Waals surface area contributed by atoms with Gasteiger partial charge >= 0.3 is 0 Å². The molecule has 0 aliphatic rings. The Morgan fingerprint density at radius 3 is 1.94 bits per heavy atom. The number of hydrogen-bond acceptors (Lipinski definition) is 5. The molecule has 1 rings (SSSR count). The molecule has 5 nitrogen and oxygen atoms in total. The van der Waals surface area contributed by atoms with Gasteiger partial charge in [0.15, 0.2) is 16.7 Å². The first-order valence-corrected chi connectivity index (χ1v) is 4.73. The molecule has 1 aromatic rings. The second kappa shape index (κ2) is 5.46. The summed E-state index contributed by atoms with van der Waals surface area (Å²) in [5, 5.41) is 11.4. The molecule has 0 unspecified atom stereocenters. The van der Waals surface area contributed by atoms with Crippen molar-refractivity contribution in [3.63, 3.8) is 0 Å². The summed E-state index contributed by atoms with van der Waals surface area (Å²) in [5.41, 5.74) is 0.471. The second-order valence-corrected chi connectivity index (χ2v) is 3.16. The van der Waals surface area contributed by atoms with Crippen molar-refractivity contribution in [2.24, 2.45) is 5.16 Å². The van der Waals surface area contributed by atoms with Crippen LogP contribution in [0.25, 0.3) is 0 Å². The molecule has 1 aromatic carbocycles. The molecule has 0 heterocycles. The van der Waals surface area contributed by atoms with Crippen molar-refractivity contribution >= 4 is 16.8 Å². The van der Waals surface area contributed by atoms with Gasteiger partial charge in [-0.05, 0) is 12.1 Å². The SMILES string of the molecule is COc1cc(C(Cl)=NO)cc(OC)c1OC. The summed E-state index contributed by atoms with van der Waals surface area (Å²) in [5.74, 6) is 1.34. The van der Waals surface area contributed by atoms with Crippen molar-refractivity contribution in [2.45, 2.75) is 0 Å². The number of halogens is 1. The van der Waals surface area contributed by atoms with E-state index in [0.29, 0.717) is 22.8 Å². The molecule has 0 radical (unpaired) electrons. The monoisotopic (exact) mass is 245 g/mol. The normalized spacial score (nSPS) is 11.1. The van der Waals surface area contributed by atoms with E-state index in [4.69, 9.17) is 31.0 Å². The number of nitrogens with zero attached hydrogens (tertiary/aromatic N) is 1. The summed E-state index contributed by atoms with van der Waals surface area (Å²) in [6, 6.07) is 3.17. The Kier molecular flexibility index (Phi) is 4.25. The molecule has 0 saturated carbocycles. The van der Waals surface area contributed by atoms with E-state index in [1.807, 2.05) is 0 Å². The number of benzene rings is 1. The van der Waals surface area contributed by atoms with Gasteiger partial charge in [0.2, 0.25) is 5.75 Å². The molecular formula is C10H12ClNO4. The van der Waals surface area contributed by atoms with Gasteiger partial charge in [-0.15, -0.1) is 0 Å². The summed E-state index contributed by atoms with van der Waals surface area (Å²) >= 11 is 5.69. The molecular weight excluding hydrogens is 234 g/mol. The lowest BCUT2D eigenvalue weighted by molar-refractivity contribution is 0.319. The second-order valence-electron chi connectivity index (χ2n) is 2.80. The van der Waals surface area contributed by atoms with Crippen LogP contribution in [0.1, 0.15) is 5.56 Å². The predicted octanol–water partition coefficient (Wildman–Crippen LogP) is 2.09. The van der Waals surface area contributed by atoms with Crippen LogP contribution in [-0.2, 0) is 0 Å². The number of oxime groups is 1. The van der Waals surface area contributed by atoms with Crippen LogP contribution in [0.3, 0.4) is 0 Å². The lowest BCUT2D eigenvalue weighted by atomic mass is 10.2. The van der Waals surface area contributed by atoms with Crippen LogP contribution < -0.4 is 14.2 Å². The number of ether oxygens (including phenoxy) is 3. The molecule has 1 N–H and O–H groups in total. The number of hydrogen-bond donors (Lipinski definition) is 1. The third-order valence-electron chi connectivity index (χ3n) is 1.99. The van der Waals surface area contributed by atoms with Crippen LogP contribution in [0.4, 0.5) is 0 Å². The van der Waals surface area contributed by atoms with Crippen LogP contribution in [-0.4, -0.2) is 31.7 Å². The molecule has 0 bridgehead atoms. The average Bonchev–Trinajstić information content (AvgIpc) is 2.35. The van der Waals surface area contributed by atoms with Crippen LogP contribution in [0.2, 0.25) is 0 Å². The summed E-state index contributed by atoms with van der Waals surface area (Å²) in [4.78, 5) is 0. The Labute approximate surface area is 98.2 Å². The van der Waals surface area contributed by atoms with Gasteiger partial charge in [0, 0.05) is 5.56 Å². The third kappa shape index (κ3) is 2.30. The summed E-state index contributed by atoms with van der Waals surface area (Å²) in [7, 11) is 4.48. The van der Waals surface area contributed by atoms with E-state index < -0.39 is 0 Å². The third-order valence-corrected chi connectivity index (χ3v) is 2.28. The molecule has 88 valence electrons. The van der Waals surface area contributed by atoms with Crippen molar-refractivity contribution in [1.29, 1.82) is 0 Å². The largest absolute Gasteiger partial charge is 0.493 e. The van der Waals surface area contributed by atoms with Gasteiger partial charge in [0.25, 0.3) is 0 Å². The Morgan fingerprint density at radius 1 is 1.12 bits per heavy atom. The predicted molar refractivity (Wildman–Crippen MR) is 60.3 cm³/mol. The highest BCUT2D eigenvalue weighted by atomic mass is 35.5. The van der Waals surface area contributed by atoms with Crippen molar-refractivity contribution in [3.05, 3.63) is 17.7 Å². The van der Waals surface area contributed by atoms with E-state index in [-0.39, 0.29) is 5.17 Å². The topological polar surface area (TPSA) is 60.3 Å². The van der Waals surface area contributed by atoms with Gasteiger partial charge in [-0.3, -0.25) is 0 Å². The van der Waals surface area contributed by atoms with Crippen molar-refractivity contribution in [1.82, 2.24) is 0 Å². The minimum absolute atomic E-state index is 0.0562. The smallest absolute Gasteiger partial charge is 0.203 e. The molecule has 0 aliphatic heterocycles. The zero-order valence-corrected chi connectivity index (χ0v) is 9.91. The molecule has 0 fully saturated rings. The van der Waals surface area contributed by atoms with Gasteiger partial charge in [-0.25, -0.2) is 0 Å². The minimum atomic E-state index is -0.0562. The highest BCUT2D eigenvalue weighted by molar-refractivity contribution is 6.69. The van der Waals surface area contributed by atoms with Crippen LogP contribution in [0.15, 0.2) is 17.3 Å². The summed E-state index contributed by atoms with van der Waals surface area (Å²) in [6.07, 6.45) is 0. The molecule has 0 atom stereocenters. The standard InChI is InChI=1S/C10H12ClNO4/c1-14-7-4-6(10(11)12-13)5-8(15-2)9(7)16-3/h4-5,13H,1-3H3. The van der Waals surface area contributed by atoms with E-state index in [2.05, 4.69) is 5.16 Å². The zero-order chi connectivity index (χ0) is 12.1. The van der Waals surface area contributed by atoms with Gasteiger partial charge in [0.05, 0.1) is 21.3 Å². The molecule has 0 aliphatic carbocycles. The van der Waals surface area contributed by atoms with Gasteiger partial charge in [0.1, 0.15) is 0 Å². The van der Waals surface area contributed by atoms with Gasteiger partial charge in [-0.1, -0.05) is 16.8 Å². The first-order valence-electron chi connectivity index (χ1n) is 4.35. The first kappa shape index (κ1) is 12.4. The maximum atomic E-state index is 8.59. The molecule has 6 heteroatoms. The number of rotatable bonds is 4. The van der Waals surface area contributed by atoms with Crippen molar-refractivity contribution < 1.29 is 19.4 Å². The van der Waals surface area contributed by atoms with Crippen LogP contribution >= 0.6 is 11.6 Å². The van der Waals surface area contributed by atoms with E-state index in [1.54, 1.807) is 12.1 Å². The quantitative estimate of drug-likeness (QED) is 0.501. The maximum absolute atomic E-state index is 8.59. The molecule has 16 heavy (non-hydrogen) atoms. The van der Waals surface area contributed by atoms with Gasteiger partial charge in [-0.2, -0.15) is 0 Å². The van der Waals surface area contributed by atoms with Gasteiger partial charge < -0.3 is 19.4 Å². The van der Waals surface area contributed by atoms with Crippen molar-refractivity contribution in [3.8, 4) is 17.2 Å². The highest BCUT2D eigenvalue weighted by Crippen LogP contribution is 2.38. The van der Waals surface area contributed by atoms with Crippen LogP contribution in [0.5, 0.6) is 17.2 Å². The van der Waals surface area contributed by atoms with E-state index in [0.717, 1.165) is 0 Å². The molecule has 0 aromatic heterocycles. The molecule has 0 saturated heterocycles. The number of methoxy groups -OCH3 is 3. The fraction of sp³-hybridized carbons (Fsp3) is 0.300. The lowest BCUT2D eigenvalue weighted by Gasteiger charge is -2.13. The Balaban J connectivity index is 3.37.